The molecule has 29 heavy (non-hydrogen) atoms. The first-order valence-electron chi connectivity index (χ1n) is 9.41. The van der Waals surface area contributed by atoms with Crippen molar-refractivity contribution < 1.29 is 4.39 Å². The summed E-state index contributed by atoms with van der Waals surface area (Å²) in [6.07, 6.45) is 0.599. The van der Waals surface area contributed by atoms with Gasteiger partial charge >= 0.3 is 0 Å². The van der Waals surface area contributed by atoms with Gasteiger partial charge in [-0.15, -0.1) is 0 Å². The molecule has 0 saturated carbocycles. The smallest absolute Gasteiger partial charge is 0.267 e. The molecule has 3 nitrogen and oxygen atoms in total. The Kier molecular flexibility index (Phi) is 6.20. The fraction of sp³-hybridized carbons (Fsp3) is 0.250. The molecule has 3 rings (SSSR count). The van der Waals surface area contributed by atoms with E-state index >= 15 is 4.39 Å². The lowest BCUT2D eigenvalue weighted by atomic mass is 9.91. The molecule has 0 atom stereocenters. The molecule has 5 heteroatoms. The highest BCUT2D eigenvalue weighted by Crippen LogP contribution is 2.33. The average molecular weight is 409 g/mol. The number of hydrogen-bond donors (Lipinski definition) is 0. The highest BCUT2D eigenvalue weighted by atomic mass is 35.5. The summed E-state index contributed by atoms with van der Waals surface area (Å²) in [5, 5.41) is 4.60. The molecule has 2 aromatic carbocycles. The quantitative estimate of drug-likeness (QED) is 0.562. The molecule has 1 aromatic heterocycles. The van der Waals surface area contributed by atoms with Crippen molar-refractivity contribution in [1.82, 2.24) is 9.78 Å². The summed E-state index contributed by atoms with van der Waals surface area (Å²) in [6.45, 7) is 5.93. The maximum Gasteiger partial charge on any atom is 0.274 e. The summed E-state index contributed by atoms with van der Waals surface area (Å²) in [7, 11) is 1.57. The zero-order valence-electron chi connectivity index (χ0n) is 16.9. The Labute approximate surface area is 175 Å². The van der Waals surface area contributed by atoms with Crippen LogP contribution in [0, 0.1) is 30.5 Å². The minimum Gasteiger partial charge on any atom is -0.267 e. The minimum atomic E-state index is -0.528. The number of rotatable bonds is 3. The fourth-order valence-electron chi connectivity index (χ4n) is 3.29. The number of aromatic nitrogens is 2. The number of nitrogens with zero attached hydrogens (tertiary/aromatic N) is 2. The maximum atomic E-state index is 15.1. The Bertz CT molecular complexity index is 1170. The zero-order valence-corrected chi connectivity index (χ0v) is 17.6. The van der Waals surface area contributed by atoms with E-state index in [1.807, 2.05) is 51.1 Å². The maximum absolute atomic E-state index is 15.1. The molecule has 0 unspecified atom stereocenters. The largest absolute Gasteiger partial charge is 0.274 e. The molecule has 0 bridgehead atoms. The minimum absolute atomic E-state index is 0.141. The van der Waals surface area contributed by atoms with Gasteiger partial charge in [-0.1, -0.05) is 55.5 Å². The summed E-state index contributed by atoms with van der Waals surface area (Å²) >= 11 is 6.41. The molecule has 0 amide bonds. The normalized spacial score (nSPS) is 10.7. The van der Waals surface area contributed by atoms with Gasteiger partial charge in [0.15, 0.2) is 0 Å². The Morgan fingerprint density at radius 2 is 1.79 bits per heavy atom. The van der Waals surface area contributed by atoms with Crippen molar-refractivity contribution >= 4 is 11.6 Å². The van der Waals surface area contributed by atoms with Crippen molar-refractivity contribution in [2.24, 2.45) is 13.0 Å². The van der Waals surface area contributed by atoms with Gasteiger partial charge in [-0.05, 0) is 49.1 Å². The van der Waals surface area contributed by atoms with Gasteiger partial charge in [-0.25, -0.2) is 9.07 Å². The standard InChI is InChI=1S/C24H22ClFN2O/c1-15(2)14-19-16(3)27-28(4)24(29)23(19)22-18(20(25)12-13-21(22)26)11-10-17-8-6-5-7-9-17/h5-9,12-13,15H,14H2,1-4H3. The SMILES string of the molecule is Cc1nn(C)c(=O)c(-c2c(F)ccc(Cl)c2C#Cc2ccccc2)c1CC(C)C. The number of aryl methyl sites for hydroxylation is 2. The first-order chi connectivity index (χ1) is 13.8. The van der Waals surface area contributed by atoms with Crippen molar-refractivity contribution in [3.05, 3.63) is 86.0 Å². The van der Waals surface area contributed by atoms with E-state index in [1.54, 1.807) is 7.05 Å². The van der Waals surface area contributed by atoms with Crippen LogP contribution in [0.3, 0.4) is 0 Å². The Hall–Kier alpha value is -2.90. The Morgan fingerprint density at radius 3 is 2.45 bits per heavy atom. The van der Waals surface area contributed by atoms with E-state index in [2.05, 4.69) is 16.9 Å². The van der Waals surface area contributed by atoms with Gasteiger partial charge in [0.25, 0.3) is 5.56 Å². The molecular weight excluding hydrogens is 387 g/mol. The van der Waals surface area contributed by atoms with Crippen LogP contribution < -0.4 is 5.56 Å². The van der Waals surface area contributed by atoms with E-state index < -0.39 is 5.82 Å². The monoisotopic (exact) mass is 408 g/mol. The molecule has 0 N–H and O–H groups in total. The molecule has 0 spiro atoms. The third kappa shape index (κ3) is 4.41. The van der Waals surface area contributed by atoms with Crippen LogP contribution in [0.1, 0.15) is 36.2 Å². The van der Waals surface area contributed by atoms with Gasteiger partial charge in [0.1, 0.15) is 5.82 Å². The number of halogens is 2. The van der Waals surface area contributed by atoms with E-state index in [-0.39, 0.29) is 22.6 Å². The van der Waals surface area contributed by atoms with Crippen LogP contribution in [-0.2, 0) is 13.5 Å². The molecule has 0 aliphatic rings. The molecule has 0 saturated heterocycles. The fourth-order valence-corrected chi connectivity index (χ4v) is 3.50. The molecule has 0 aliphatic carbocycles. The molecular formula is C24H22ClFN2O. The highest BCUT2D eigenvalue weighted by molar-refractivity contribution is 6.32. The van der Waals surface area contributed by atoms with E-state index in [0.29, 0.717) is 22.7 Å². The van der Waals surface area contributed by atoms with Crippen molar-refractivity contribution in [2.75, 3.05) is 0 Å². The molecule has 148 valence electrons. The summed E-state index contributed by atoms with van der Waals surface area (Å²) in [5.41, 5.74) is 2.57. The van der Waals surface area contributed by atoms with Crippen LogP contribution in [0.4, 0.5) is 4.39 Å². The lowest BCUT2D eigenvalue weighted by Gasteiger charge is -2.17. The van der Waals surface area contributed by atoms with Crippen molar-refractivity contribution in [3.63, 3.8) is 0 Å². The topological polar surface area (TPSA) is 34.9 Å². The molecule has 1 heterocycles. The van der Waals surface area contributed by atoms with Gasteiger partial charge in [0.2, 0.25) is 0 Å². The summed E-state index contributed by atoms with van der Waals surface area (Å²) < 4.78 is 16.3. The van der Waals surface area contributed by atoms with Gasteiger partial charge in [-0.2, -0.15) is 5.10 Å². The van der Waals surface area contributed by atoms with E-state index in [4.69, 9.17) is 11.6 Å². The molecule has 0 radical (unpaired) electrons. The predicted molar refractivity (Wildman–Crippen MR) is 116 cm³/mol. The van der Waals surface area contributed by atoms with E-state index in [9.17, 15) is 4.79 Å². The van der Waals surface area contributed by atoms with Gasteiger partial charge in [-0.3, -0.25) is 4.79 Å². The van der Waals surface area contributed by atoms with E-state index in [0.717, 1.165) is 11.1 Å². The first kappa shape index (κ1) is 20.8. The van der Waals surface area contributed by atoms with Crippen LogP contribution in [0.5, 0.6) is 0 Å². The second-order valence-corrected chi connectivity index (χ2v) is 7.77. The summed E-state index contributed by atoms with van der Waals surface area (Å²) in [6, 6.07) is 12.1. The highest BCUT2D eigenvalue weighted by Gasteiger charge is 2.23. The molecule has 0 aliphatic heterocycles. The average Bonchev–Trinajstić information content (AvgIpc) is 2.68. The van der Waals surface area contributed by atoms with Crippen LogP contribution >= 0.6 is 11.6 Å². The Morgan fingerprint density at radius 1 is 1.10 bits per heavy atom. The van der Waals surface area contributed by atoms with Crippen LogP contribution in [0.25, 0.3) is 11.1 Å². The van der Waals surface area contributed by atoms with Gasteiger partial charge < -0.3 is 0 Å². The van der Waals surface area contributed by atoms with E-state index in [1.165, 1.54) is 16.8 Å². The summed E-state index contributed by atoms with van der Waals surface area (Å²) in [4.78, 5) is 13.1. The Balaban J connectivity index is 2.35. The first-order valence-corrected chi connectivity index (χ1v) is 9.79. The van der Waals surface area contributed by atoms with Crippen LogP contribution in [0.2, 0.25) is 5.02 Å². The molecule has 3 aromatic rings. The lowest BCUT2D eigenvalue weighted by molar-refractivity contribution is 0.615. The number of benzene rings is 2. The van der Waals surface area contributed by atoms with Crippen molar-refractivity contribution in [2.45, 2.75) is 27.2 Å². The van der Waals surface area contributed by atoms with Gasteiger partial charge in [0, 0.05) is 18.2 Å². The lowest BCUT2D eigenvalue weighted by Crippen LogP contribution is -2.26. The van der Waals surface area contributed by atoms with Crippen LogP contribution in [-0.4, -0.2) is 9.78 Å². The third-order valence-electron chi connectivity index (χ3n) is 4.62. The second kappa shape index (κ2) is 8.63. The van der Waals surface area contributed by atoms with Crippen molar-refractivity contribution in [3.8, 4) is 23.0 Å². The zero-order chi connectivity index (χ0) is 21.1. The number of hydrogen-bond acceptors (Lipinski definition) is 2. The second-order valence-electron chi connectivity index (χ2n) is 7.36. The van der Waals surface area contributed by atoms with Crippen LogP contribution in [0.15, 0.2) is 47.3 Å². The third-order valence-corrected chi connectivity index (χ3v) is 4.93. The predicted octanol–water partition coefficient (Wildman–Crippen LogP) is 5.15. The summed E-state index contributed by atoms with van der Waals surface area (Å²) in [5.74, 6) is 5.75. The molecule has 0 fully saturated rings. The van der Waals surface area contributed by atoms with Gasteiger partial charge in [0.05, 0.1) is 21.8 Å². The van der Waals surface area contributed by atoms with Crippen molar-refractivity contribution in [1.29, 1.82) is 0 Å².